The van der Waals surface area contributed by atoms with Gasteiger partial charge in [0.05, 0.1) is 6.54 Å². The number of nitrogens with zero attached hydrogens (tertiary/aromatic N) is 2. The molecule has 3 N–H and O–H groups in total. The van der Waals surface area contributed by atoms with E-state index in [1.165, 1.54) is 0 Å². The highest BCUT2D eigenvalue weighted by atomic mass is 16.4. The molecular formula is C13H25N3O3. The summed E-state index contributed by atoms with van der Waals surface area (Å²) in [6.07, 6.45) is 1.95. The minimum atomic E-state index is -0.815. The number of carbonyl (C=O) groups excluding carboxylic acids is 1. The predicted molar refractivity (Wildman–Crippen MR) is 72.8 cm³/mol. The van der Waals surface area contributed by atoms with Gasteiger partial charge in [0.1, 0.15) is 0 Å². The van der Waals surface area contributed by atoms with Crippen molar-refractivity contribution in [2.45, 2.75) is 38.6 Å². The van der Waals surface area contributed by atoms with E-state index in [-0.39, 0.29) is 18.0 Å². The third-order valence-corrected chi connectivity index (χ3v) is 3.28. The molecule has 110 valence electrons. The zero-order chi connectivity index (χ0) is 14.5. The second kappa shape index (κ2) is 6.86. The second-order valence-electron chi connectivity index (χ2n) is 5.89. The van der Waals surface area contributed by atoms with Crippen LogP contribution in [0.5, 0.6) is 0 Å². The summed E-state index contributed by atoms with van der Waals surface area (Å²) in [7, 11) is 0. The first kappa shape index (κ1) is 15.9. The molecule has 0 aromatic carbocycles. The van der Waals surface area contributed by atoms with Gasteiger partial charge in [-0.25, -0.2) is 0 Å². The Balaban J connectivity index is 2.39. The van der Waals surface area contributed by atoms with Crippen LogP contribution < -0.4 is 5.73 Å². The van der Waals surface area contributed by atoms with E-state index in [0.717, 1.165) is 13.0 Å². The average molecular weight is 271 g/mol. The molecule has 1 aliphatic rings. The molecule has 1 amide bonds. The Morgan fingerprint density at radius 3 is 2.47 bits per heavy atom. The van der Waals surface area contributed by atoms with Crippen LogP contribution in [0.15, 0.2) is 0 Å². The third-order valence-electron chi connectivity index (χ3n) is 3.28. The molecule has 19 heavy (non-hydrogen) atoms. The van der Waals surface area contributed by atoms with Gasteiger partial charge in [0.2, 0.25) is 5.91 Å². The molecule has 0 unspecified atom stereocenters. The van der Waals surface area contributed by atoms with E-state index in [9.17, 15) is 9.59 Å². The van der Waals surface area contributed by atoms with Gasteiger partial charge in [-0.1, -0.05) is 0 Å². The maximum Gasteiger partial charge on any atom is 0.317 e. The molecule has 1 aliphatic heterocycles. The smallest absolute Gasteiger partial charge is 0.317 e. The fourth-order valence-electron chi connectivity index (χ4n) is 2.16. The van der Waals surface area contributed by atoms with Crippen LogP contribution in [-0.4, -0.2) is 65.0 Å². The molecule has 0 spiro atoms. The number of hydrogen-bond donors (Lipinski definition) is 2. The van der Waals surface area contributed by atoms with E-state index in [1.807, 2.05) is 23.6 Å². The highest BCUT2D eigenvalue weighted by molar-refractivity contribution is 5.76. The molecule has 1 heterocycles. The van der Waals surface area contributed by atoms with Gasteiger partial charge in [0.15, 0.2) is 0 Å². The number of rotatable bonds is 5. The fourth-order valence-corrected chi connectivity index (χ4v) is 2.16. The molecule has 0 saturated carbocycles. The van der Waals surface area contributed by atoms with Gasteiger partial charge in [0, 0.05) is 38.1 Å². The molecular weight excluding hydrogens is 246 g/mol. The first-order valence-corrected chi connectivity index (χ1v) is 6.79. The van der Waals surface area contributed by atoms with Crippen molar-refractivity contribution in [1.29, 1.82) is 0 Å². The summed E-state index contributed by atoms with van der Waals surface area (Å²) in [5.74, 6) is -0.694. The number of carboxylic acids is 1. The molecule has 0 aromatic rings. The van der Waals surface area contributed by atoms with E-state index < -0.39 is 5.97 Å². The summed E-state index contributed by atoms with van der Waals surface area (Å²) in [4.78, 5) is 26.4. The highest BCUT2D eigenvalue weighted by Crippen LogP contribution is 2.11. The maximum absolute atomic E-state index is 12.1. The van der Waals surface area contributed by atoms with Gasteiger partial charge < -0.3 is 15.7 Å². The largest absolute Gasteiger partial charge is 0.480 e. The van der Waals surface area contributed by atoms with Crippen LogP contribution in [0.2, 0.25) is 0 Å². The third kappa shape index (κ3) is 6.54. The second-order valence-corrected chi connectivity index (χ2v) is 5.89. The first-order valence-electron chi connectivity index (χ1n) is 6.79. The van der Waals surface area contributed by atoms with Crippen LogP contribution in [0.3, 0.4) is 0 Å². The van der Waals surface area contributed by atoms with E-state index in [1.54, 1.807) is 0 Å². The molecule has 6 heteroatoms. The Morgan fingerprint density at radius 2 is 1.89 bits per heavy atom. The lowest BCUT2D eigenvalue weighted by molar-refractivity contribution is -0.138. The number of hydrogen-bond acceptors (Lipinski definition) is 4. The zero-order valence-electron chi connectivity index (χ0n) is 11.9. The SMILES string of the molecule is CC(C)(N)CCC(=O)N1CCCN(CC(=O)O)CC1. The van der Waals surface area contributed by atoms with Gasteiger partial charge in [0.25, 0.3) is 0 Å². The Kier molecular flexibility index (Phi) is 5.75. The van der Waals surface area contributed by atoms with Crippen molar-refractivity contribution in [2.75, 3.05) is 32.7 Å². The average Bonchev–Trinajstić information content (AvgIpc) is 2.50. The topological polar surface area (TPSA) is 86.9 Å². The molecule has 0 atom stereocenters. The van der Waals surface area contributed by atoms with Gasteiger partial charge in [-0.2, -0.15) is 0 Å². The van der Waals surface area contributed by atoms with Crippen molar-refractivity contribution < 1.29 is 14.7 Å². The fraction of sp³-hybridized carbons (Fsp3) is 0.846. The molecule has 0 aromatic heterocycles. The van der Waals surface area contributed by atoms with Gasteiger partial charge >= 0.3 is 5.97 Å². The van der Waals surface area contributed by atoms with Gasteiger partial charge in [-0.05, 0) is 26.7 Å². The van der Waals surface area contributed by atoms with Gasteiger partial charge in [-0.15, -0.1) is 0 Å². The molecule has 1 rings (SSSR count). The van der Waals surface area contributed by atoms with Crippen molar-refractivity contribution in [2.24, 2.45) is 5.73 Å². The Labute approximate surface area is 114 Å². The Bertz CT molecular complexity index is 326. The van der Waals surface area contributed by atoms with Crippen LogP contribution in [0.25, 0.3) is 0 Å². The molecule has 1 saturated heterocycles. The number of carbonyl (C=O) groups is 2. The van der Waals surface area contributed by atoms with Crippen molar-refractivity contribution in [3.8, 4) is 0 Å². The summed E-state index contributed by atoms with van der Waals surface area (Å²) >= 11 is 0. The Morgan fingerprint density at radius 1 is 1.21 bits per heavy atom. The summed E-state index contributed by atoms with van der Waals surface area (Å²) in [6, 6.07) is 0. The van der Waals surface area contributed by atoms with Crippen molar-refractivity contribution in [3.63, 3.8) is 0 Å². The van der Waals surface area contributed by atoms with Crippen LogP contribution in [0.4, 0.5) is 0 Å². The summed E-state index contributed by atoms with van der Waals surface area (Å²) < 4.78 is 0. The maximum atomic E-state index is 12.1. The number of nitrogens with two attached hydrogens (primary N) is 1. The first-order chi connectivity index (χ1) is 8.78. The molecule has 0 bridgehead atoms. The van der Waals surface area contributed by atoms with Crippen molar-refractivity contribution >= 4 is 11.9 Å². The monoisotopic (exact) mass is 271 g/mol. The van der Waals surface area contributed by atoms with Crippen molar-refractivity contribution in [3.05, 3.63) is 0 Å². The lowest BCUT2D eigenvalue weighted by atomic mass is 10.00. The molecule has 0 aliphatic carbocycles. The van der Waals surface area contributed by atoms with Crippen LogP contribution in [-0.2, 0) is 9.59 Å². The van der Waals surface area contributed by atoms with Crippen molar-refractivity contribution in [1.82, 2.24) is 9.80 Å². The number of aliphatic carboxylic acids is 1. The van der Waals surface area contributed by atoms with E-state index in [2.05, 4.69) is 0 Å². The minimum Gasteiger partial charge on any atom is -0.480 e. The minimum absolute atomic E-state index is 0.0534. The molecule has 1 fully saturated rings. The Hall–Kier alpha value is -1.14. The highest BCUT2D eigenvalue weighted by Gasteiger charge is 2.21. The zero-order valence-corrected chi connectivity index (χ0v) is 11.9. The normalized spacial score (nSPS) is 18.2. The number of amides is 1. The van der Waals surface area contributed by atoms with Gasteiger partial charge in [-0.3, -0.25) is 14.5 Å². The number of carboxylic acid groups (broad SMARTS) is 1. The lowest BCUT2D eigenvalue weighted by Gasteiger charge is -2.23. The van der Waals surface area contributed by atoms with Crippen LogP contribution in [0.1, 0.15) is 33.1 Å². The summed E-state index contributed by atoms with van der Waals surface area (Å²) in [6.45, 7) is 6.56. The summed E-state index contributed by atoms with van der Waals surface area (Å²) in [5.41, 5.74) is 5.55. The van der Waals surface area contributed by atoms with E-state index in [0.29, 0.717) is 32.5 Å². The summed E-state index contributed by atoms with van der Waals surface area (Å²) in [5, 5.41) is 8.77. The lowest BCUT2D eigenvalue weighted by Crippen LogP contribution is -2.38. The standard InChI is InChI=1S/C13H25N3O3/c1-13(2,14)5-4-11(17)16-7-3-6-15(8-9-16)10-12(18)19/h3-10,14H2,1-2H3,(H,18,19). The molecule has 6 nitrogen and oxygen atoms in total. The quantitative estimate of drug-likeness (QED) is 0.742. The van der Waals surface area contributed by atoms with Crippen LogP contribution >= 0.6 is 0 Å². The predicted octanol–water partition coefficient (Wildman–Crippen LogP) is 0.123. The van der Waals surface area contributed by atoms with Crippen LogP contribution in [0, 0.1) is 0 Å². The van der Waals surface area contributed by atoms with E-state index in [4.69, 9.17) is 10.8 Å². The molecule has 0 radical (unpaired) electrons. The van der Waals surface area contributed by atoms with E-state index >= 15 is 0 Å².